The SMILES string of the molecule is CC1COC(c2ccc(F)cc2)N1.Cl. The summed E-state index contributed by atoms with van der Waals surface area (Å²) < 4.78 is 18.0. The zero-order valence-electron chi connectivity index (χ0n) is 7.87. The fourth-order valence-corrected chi connectivity index (χ4v) is 1.43. The van der Waals surface area contributed by atoms with Gasteiger partial charge in [0.05, 0.1) is 6.61 Å². The summed E-state index contributed by atoms with van der Waals surface area (Å²) in [5, 5.41) is 3.24. The first-order valence-electron chi connectivity index (χ1n) is 4.39. The molecule has 0 aliphatic carbocycles. The second kappa shape index (κ2) is 4.73. The standard InChI is InChI=1S/C10H12FNO.ClH/c1-7-6-13-10(12-7)8-2-4-9(11)5-3-8;/h2-5,7,10,12H,6H2,1H3;1H. The van der Waals surface area contributed by atoms with Crippen LogP contribution in [0.4, 0.5) is 4.39 Å². The van der Waals surface area contributed by atoms with Crippen LogP contribution in [0.1, 0.15) is 18.7 Å². The minimum Gasteiger partial charge on any atom is -0.357 e. The lowest BCUT2D eigenvalue weighted by Crippen LogP contribution is -2.22. The summed E-state index contributed by atoms with van der Waals surface area (Å²) in [6.45, 7) is 2.77. The molecule has 0 radical (unpaired) electrons. The summed E-state index contributed by atoms with van der Waals surface area (Å²) in [6, 6.07) is 6.75. The van der Waals surface area contributed by atoms with Crippen molar-refractivity contribution in [2.45, 2.75) is 19.2 Å². The van der Waals surface area contributed by atoms with E-state index >= 15 is 0 Å². The first-order chi connectivity index (χ1) is 6.25. The van der Waals surface area contributed by atoms with Gasteiger partial charge in [0.25, 0.3) is 0 Å². The van der Waals surface area contributed by atoms with Gasteiger partial charge < -0.3 is 4.74 Å². The second-order valence-electron chi connectivity index (χ2n) is 3.33. The van der Waals surface area contributed by atoms with E-state index in [0.29, 0.717) is 12.6 Å². The van der Waals surface area contributed by atoms with E-state index in [4.69, 9.17) is 4.74 Å². The maximum absolute atomic E-state index is 12.6. The van der Waals surface area contributed by atoms with Gasteiger partial charge in [-0.05, 0) is 24.6 Å². The van der Waals surface area contributed by atoms with Gasteiger partial charge in [-0.1, -0.05) is 12.1 Å². The summed E-state index contributed by atoms with van der Waals surface area (Å²) in [5.41, 5.74) is 0.978. The molecule has 1 fully saturated rings. The zero-order valence-corrected chi connectivity index (χ0v) is 8.68. The number of hydrogen-bond acceptors (Lipinski definition) is 2. The Kier molecular flexibility index (Phi) is 3.86. The number of ether oxygens (including phenoxy) is 1. The molecule has 0 bridgehead atoms. The van der Waals surface area contributed by atoms with E-state index in [1.54, 1.807) is 12.1 Å². The average molecular weight is 218 g/mol. The highest BCUT2D eigenvalue weighted by Crippen LogP contribution is 2.20. The fourth-order valence-electron chi connectivity index (χ4n) is 1.43. The van der Waals surface area contributed by atoms with Crippen molar-refractivity contribution in [1.82, 2.24) is 5.32 Å². The Bertz CT molecular complexity index is 291. The van der Waals surface area contributed by atoms with Crippen LogP contribution in [0.15, 0.2) is 24.3 Å². The van der Waals surface area contributed by atoms with Gasteiger partial charge in [0.1, 0.15) is 12.0 Å². The molecule has 1 heterocycles. The second-order valence-corrected chi connectivity index (χ2v) is 3.33. The topological polar surface area (TPSA) is 21.3 Å². The lowest BCUT2D eigenvalue weighted by Gasteiger charge is -2.10. The highest BCUT2D eigenvalue weighted by Gasteiger charge is 2.21. The third-order valence-electron chi connectivity index (χ3n) is 2.12. The molecule has 1 aliphatic rings. The Morgan fingerprint density at radius 3 is 2.50 bits per heavy atom. The van der Waals surface area contributed by atoms with Gasteiger partial charge in [0.15, 0.2) is 0 Å². The Hall–Kier alpha value is -0.640. The molecule has 1 N–H and O–H groups in total. The minimum absolute atomic E-state index is 0. The molecule has 1 aromatic rings. The summed E-state index contributed by atoms with van der Waals surface area (Å²) in [6.07, 6.45) is -0.0735. The molecular formula is C10H13ClFNO. The highest BCUT2D eigenvalue weighted by molar-refractivity contribution is 5.85. The third kappa shape index (κ3) is 2.44. The van der Waals surface area contributed by atoms with Crippen molar-refractivity contribution in [1.29, 1.82) is 0 Å². The van der Waals surface area contributed by atoms with Gasteiger partial charge in [-0.25, -0.2) is 4.39 Å². The molecule has 1 aromatic carbocycles. The van der Waals surface area contributed by atoms with Crippen LogP contribution in [0, 0.1) is 5.82 Å². The number of rotatable bonds is 1. The molecule has 78 valence electrons. The zero-order chi connectivity index (χ0) is 9.26. The molecule has 1 aliphatic heterocycles. The molecule has 2 nitrogen and oxygen atoms in total. The predicted molar refractivity (Wildman–Crippen MR) is 54.9 cm³/mol. The van der Waals surface area contributed by atoms with E-state index in [9.17, 15) is 4.39 Å². The van der Waals surface area contributed by atoms with Crippen molar-refractivity contribution in [2.24, 2.45) is 0 Å². The lowest BCUT2D eigenvalue weighted by atomic mass is 10.2. The van der Waals surface area contributed by atoms with E-state index in [0.717, 1.165) is 5.56 Å². The number of hydrogen-bond donors (Lipinski definition) is 1. The molecule has 2 atom stereocenters. The molecular weight excluding hydrogens is 205 g/mol. The average Bonchev–Trinajstić information content (AvgIpc) is 2.53. The molecule has 0 saturated carbocycles. The maximum Gasteiger partial charge on any atom is 0.134 e. The van der Waals surface area contributed by atoms with Gasteiger partial charge in [-0.15, -0.1) is 12.4 Å². The minimum atomic E-state index is -0.213. The largest absolute Gasteiger partial charge is 0.357 e. The van der Waals surface area contributed by atoms with Crippen molar-refractivity contribution in [3.8, 4) is 0 Å². The number of nitrogens with one attached hydrogen (secondary N) is 1. The molecule has 1 saturated heterocycles. The van der Waals surface area contributed by atoms with Gasteiger partial charge in [-0.2, -0.15) is 0 Å². The van der Waals surface area contributed by atoms with Gasteiger partial charge >= 0.3 is 0 Å². The van der Waals surface area contributed by atoms with Crippen LogP contribution in [0.5, 0.6) is 0 Å². The normalized spacial score (nSPS) is 25.9. The highest BCUT2D eigenvalue weighted by atomic mass is 35.5. The Labute approximate surface area is 88.9 Å². The first kappa shape index (κ1) is 11.4. The van der Waals surface area contributed by atoms with E-state index in [1.165, 1.54) is 12.1 Å². The Balaban J connectivity index is 0.000000980. The van der Waals surface area contributed by atoms with Crippen LogP contribution in [0.25, 0.3) is 0 Å². The van der Waals surface area contributed by atoms with Crippen molar-refractivity contribution in [3.63, 3.8) is 0 Å². The van der Waals surface area contributed by atoms with E-state index in [-0.39, 0.29) is 24.5 Å². The number of benzene rings is 1. The Morgan fingerprint density at radius 2 is 2.00 bits per heavy atom. The van der Waals surface area contributed by atoms with Crippen molar-refractivity contribution in [3.05, 3.63) is 35.6 Å². The van der Waals surface area contributed by atoms with E-state index < -0.39 is 0 Å². The van der Waals surface area contributed by atoms with Crippen LogP contribution in [0.2, 0.25) is 0 Å². The lowest BCUT2D eigenvalue weighted by molar-refractivity contribution is 0.101. The monoisotopic (exact) mass is 217 g/mol. The van der Waals surface area contributed by atoms with Crippen LogP contribution in [-0.4, -0.2) is 12.6 Å². The molecule has 0 aromatic heterocycles. The maximum atomic E-state index is 12.6. The molecule has 4 heteroatoms. The van der Waals surface area contributed by atoms with Gasteiger partial charge in [-0.3, -0.25) is 5.32 Å². The summed E-state index contributed by atoms with van der Waals surface area (Å²) in [7, 11) is 0. The first-order valence-corrected chi connectivity index (χ1v) is 4.39. The fraction of sp³-hybridized carbons (Fsp3) is 0.400. The van der Waals surface area contributed by atoms with E-state index in [2.05, 4.69) is 12.2 Å². The third-order valence-corrected chi connectivity index (χ3v) is 2.12. The van der Waals surface area contributed by atoms with Crippen LogP contribution in [-0.2, 0) is 4.74 Å². The van der Waals surface area contributed by atoms with Crippen molar-refractivity contribution < 1.29 is 9.13 Å². The summed E-state index contributed by atoms with van der Waals surface area (Å²) in [4.78, 5) is 0. The van der Waals surface area contributed by atoms with Crippen molar-refractivity contribution in [2.75, 3.05) is 6.61 Å². The molecule has 0 amide bonds. The molecule has 2 rings (SSSR count). The smallest absolute Gasteiger partial charge is 0.134 e. The van der Waals surface area contributed by atoms with Crippen LogP contribution in [0.3, 0.4) is 0 Å². The van der Waals surface area contributed by atoms with Crippen LogP contribution < -0.4 is 5.32 Å². The van der Waals surface area contributed by atoms with Crippen molar-refractivity contribution >= 4 is 12.4 Å². The van der Waals surface area contributed by atoms with Crippen LogP contribution >= 0.6 is 12.4 Å². The molecule has 14 heavy (non-hydrogen) atoms. The van der Waals surface area contributed by atoms with E-state index in [1.807, 2.05) is 0 Å². The Morgan fingerprint density at radius 1 is 1.36 bits per heavy atom. The molecule has 0 spiro atoms. The quantitative estimate of drug-likeness (QED) is 0.779. The number of halogens is 2. The van der Waals surface area contributed by atoms with Gasteiger partial charge in [0.2, 0.25) is 0 Å². The summed E-state index contributed by atoms with van der Waals surface area (Å²) in [5.74, 6) is -0.213. The summed E-state index contributed by atoms with van der Waals surface area (Å²) >= 11 is 0. The van der Waals surface area contributed by atoms with Gasteiger partial charge in [0, 0.05) is 6.04 Å². The predicted octanol–water partition coefficient (Wildman–Crippen LogP) is 2.25. The molecule has 2 unspecified atom stereocenters.